The molecule has 0 aliphatic carbocycles. The van der Waals surface area contributed by atoms with E-state index in [1.54, 1.807) is 12.3 Å². The molecule has 0 radical (unpaired) electrons. The van der Waals surface area contributed by atoms with Gasteiger partial charge in [0.25, 0.3) is 5.91 Å². The Kier molecular flexibility index (Phi) is 6.34. The number of nitrogens with zero attached hydrogens (tertiary/aromatic N) is 2. The molecule has 3 aromatic carbocycles. The van der Waals surface area contributed by atoms with Gasteiger partial charge in [-0.3, -0.25) is 9.89 Å². The molecule has 0 spiro atoms. The van der Waals surface area contributed by atoms with Gasteiger partial charge in [-0.15, -0.1) is 0 Å². The number of benzene rings is 3. The Morgan fingerprint density at radius 2 is 1.83 bits per heavy atom. The number of hydrogen-bond acceptors (Lipinski definition) is 4. The van der Waals surface area contributed by atoms with Gasteiger partial charge in [0, 0.05) is 26.4 Å². The Labute approximate surface area is 219 Å². The Morgan fingerprint density at radius 3 is 2.57 bits per heavy atom. The molecule has 0 saturated carbocycles. The van der Waals surface area contributed by atoms with E-state index in [0.717, 1.165) is 48.0 Å². The highest BCUT2D eigenvalue weighted by Crippen LogP contribution is 2.35. The third kappa shape index (κ3) is 4.56. The minimum atomic E-state index is -0.200. The van der Waals surface area contributed by atoms with Crippen molar-refractivity contribution in [1.29, 1.82) is 0 Å². The van der Waals surface area contributed by atoms with E-state index >= 15 is 0 Å². The SMILES string of the molecule is Cc1ccc(C(C)C)c2oc(-c3c[nH]nc3-c3ccc(NC(=O)c4cc(Br)ccc4Br)cc3)nc12. The normalized spacial score (nSPS) is 11.4. The lowest BCUT2D eigenvalue weighted by molar-refractivity contribution is 0.102. The van der Waals surface area contributed by atoms with Gasteiger partial charge in [0.05, 0.1) is 11.1 Å². The largest absolute Gasteiger partial charge is 0.436 e. The molecule has 8 heteroatoms. The summed E-state index contributed by atoms with van der Waals surface area (Å²) in [6.45, 7) is 6.32. The van der Waals surface area contributed by atoms with Gasteiger partial charge in [0.1, 0.15) is 11.2 Å². The summed E-state index contributed by atoms with van der Waals surface area (Å²) in [6, 6.07) is 17.2. The number of carbonyl (C=O) groups is 1. The number of aryl methyl sites for hydroxylation is 1. The van der Waals surface area contributed by atoms with Crippen LogP contribution in [0, 0.1) is 6.92 Å². The second-order valence-corrected chi connectivity index (χ2v) is 10.4. The van der Waals surface area contributed by atoms with Gasteiger partial charge in [-0.25, -0.2) is 4.98 Å². The van der Waals surface area contributed by atoms with Crippen molar-refractivity contribution < 1.29 is 9.21 Å². The fourth-order valence-corrected chi connectivity index (χ4v) is 4.76. The first-order chi connectivity index (χ1) is 16.8. The number of oxazole rings is 1. The summed E-state index contributed by atoms with van der Waals surface area (Å²) in [6.07, 6.45) is 1.80. The summed E-state index contributed by atoms with van der Waals surface area (Å²) in [5, 5.41) is 10.3. The lowest BCUT2D eigenvalue weighted by Gasteiger charge is -2.08. The quantitative estimate of drug-likeness (QED) is 0.216. The molecule has 5 aromatic rings. The van der Waals surface area contributed by atoms with Crippen LogP contribution >= 0.6 is 31.9 Å². The summed E-state index contributed by atoms with van der Waals surface area (Å²) >= 11 is 6.84. The zero-order valence-corrected chi connectivity index (χ0v) is 22.5. The molecule has 176 valence electrons. The van der Waals surface area contributed by atoms with E-state index in [4.69, 9.17) is 9.40 Å². The van der Waals surface area contributed by atoms with E-state index in [2.05, 4.69) is 73.4 Å². The van der Waals surface area contributed by atoms with Crippen LogP contribution in [-0.2, 0) is 0 Å². The third-order valence-electron chi connectivity index (χ3n) is 5.86. The van der Waals surface area contributed by atoms with E-state index < -0.39 is 0 Å². The van der Waals surface area contributed by atoms with Gasteiger partial charge in [-0.1, -0.05) is 54.0 Å². The van der Waals surface area contributed by atoms with Crippen LogP contribution in [0.4, 0.5) is 5.69 Å². The van der Waals surface area contributed by atoms with Gasteiger partial charge in [0.15, 0.2) is 5.58 Å². The summed E-state index contributed by atoms with van der Waals surface area (Å²) in [4.78, 5) is 17.5. The van der Waals surface area contributed by atoms with Gasteiger partial charge < -0.3 is 9.73 Å². The molecule has 2 heterocycles. The zero-order chi connectivity index (χ0) is 24.7. The zero-order valence-electron chi connectivity index (χ0n) is 19.3. The molecule has 6 nitrogen and oxygen atoms in total. The lowest BCUT2D eigenvalue weighted by atomic mass is 10.0. The average Bonchev–Trinajstić information content (AvgIpc) is 3.49. The summed E-state index contributed by atoms with van der Waals surface area (Å²) in [5.74, 6) is 0.647. The van der Waals surface area contributed by atoms with E-state index in [1.807, 2.05) is 43.3 Å². The van der Waals surface area contributed by atoms with Crippen molar-refractivity contribution in [2.24, 2.45) is 0 Å². The number of rotatable bonds is 5. The predicted molar refractivity (Wildman–Crippen MR) is 146 cm³/mol. The first kappa shape index (κ1) is 23.5. The lowest BCUT2D eigenvalue weighted by Crippen LogP contribution is -2.12. The topological polar surface area (TPSA) is 83.8 Å². The highest BCUT2D eigenvalue weighted by Gasteiger charge is 2.20. The molecule has 0 fully saturated rings. The summed E-state index contributed by atoms with van der Waals surface area (Å²) < 4.78 is 7.82. The van der Waals surface area contributed by atoms with E-state index in [9.17, 15) is 4.79 Å². The van der Waals surface area contributed by atoms with Crippen molar-refractivity contribution in [1.82, 2.24) is 15.2 Å². The Bertz CT molecular complexity index is 1550. The Balaban J connectivity index is 1.44. The maximum Gasteiger partial charge on any atom is 0.256 e. The van der Waals surface area contributed by atoms with Crippen LogP contribution in [0.25, 0.3) is 33.8 Å². The average molecular weight is 594 g/mol. The molecule has 1 amide bonds. The first-order valence-corrected chi connectivity index (χ1v) is 12.7. The highest BCUT2D eigenvalue weighted by molar-refractivity contribution is 9.11. The minimum absolute atomic E-state index is 0.200. The molecule has 0 aliphatic rings. The first-order valence-electron chi connectivity index (χ1n) is 11.1. The minimum Gasteiger partial charge on any atom is -0.436 e. The molecular formula is C27H22Br2N4O2. The van der Waals surface area contributed by atoms with Gasteiger partial charge in [0.2, 0.25) is 5.89 Å². The van der Waals surface area contributed by atoms with Crippen molar-refractivity contribution in [2.45, 2.75) is 26.7 Å². The number of fused-ring (bicyclic) bond motifs is 1. The number of halogens is 2. The Morgan fingerprint density at radius 1 is 1.06 bits per heavy atom. The van der Waals surface area contributed by atoms with Gasteiger partial charge in [-0.2, -0.15) is 5.10 Å². The molecule has 0 aliphatic heterocycles. The molecule has 2 N–H and O–H groups in total. The van der Waals surface area contributed by atoms with E-state index in [0.29, 0.717) is 23.1 Å². The maximum absolute atomic E-state index is 12.7. The molecule has 0 bridgehead atoms. The number of nitrogens with one attached hydrogen (secondary N) is 2. The molecule has 0 saturated heterocycles. The van der Waals surface area contributed by atoms with Gasteiger partial charge >= 0.3 is 0 Å². The number of anilines is 1. The number of aromatic nitrogens is 3. The number of amides is 1. The maximum atomic E-state index is 12.7. The second kappa shape index (κ2) is 9.43. The molecule has 0 atom stereocenters. The van der Waals surface area contributed by atoms with Crippen LogP contribution < -0.4 is 5.32 Å². The van der Waals surface area contributed by atoms with E-state index in [-0.39, 0.29) is 5.91 Å². The predicted octanol–water partition coefficient (Wildman–Crippen LogP) is 8.09. The summed E-state index contributed by atoms with van der Waals surface area (Å²) in [7, 11) is 0. The van der Waals surface area contributed by atoms with Crippen LogP contribution in [0.2, 0.25) is 0 Å². The van der Waals surface area contributed by atoms with Crippen molar-refractivity contribution >= 4 is 54.6 Å². The third-order valence-corrected chi connectivity index (χ3v) is 7.04. The van der Waals surface area contributed by atoms with Crippen LogP contribution in [0.1, 0.15) is 41.3 Å². The molecule has 2 aromatic heterocycles. The highest BCUT2D eigenvalue weighted by atomic mass is 79.9. The van der Waals surface area contributed by atoms with E-state index in [1.165, 1.54) is 0 Å². The van der Waals surface area contributed by atoms with Crippen LogP contribution in [0.15, 0.2) is 74.2 Å². The summed E-state index contributed by atoms with van der Waals surface area (Å²) in [5.41, 5.74) is 7.51. The molecule has 35 heavy (non-hydrogen) atoms. The fraction of sp³-hybridized carbons (Fsp3) is 0.148. The van der Waals surface area contributed by atoms with Crippen LogP contribution in [0.3, 0.4) is 0 Å². The number of H-pyrrole nitrogens is 1. The van der Waals surface area contributed by atoms with Crippen molar-refractivity contribution in [2.75, 3.05) is 5.32 Å². The second-order valence-electron chi connectivity index (χ2n) is 8.63. The molecular weight excluding hydrogens is 572 g/mol. The van der Waals surface area contributed by atoms with Crippen LogP contribution in [-0.4, -0.2) is 21.1 Å². The number of hydrogen-bond donors (Lipinski definition) is 2. The Hall–Kier alpha value is -3.23. The van der Waals surface area contributed by atoms with Crippen molar-refractivity contribution in [3.63, 3.8) is 0 Å². The molecule has 0 unspecified atom stereocenters. The fourth-order valence-electron chi connectivity index (χ4n) is 3.98. The van der Waals surface area contributed by atoms with Crippen molar-refractivity contribution in [3.05, 3.63) is 86.4 Å². The smallest absolute Gasteiger partial charge is 0.256 e. The number of aromatic amines is 1. The van der Waals surface area contributed by atoms with Crippen LogP contribution in [0.5, 0.6) is 0 Å². The van der Waals surface area contributed by atoms with Gasteiger partial charge in [-0.05, 0) is 70.2 Å². The number of carbonyl (C=O) groups excluding carboxylic acids is 1. The van der Waals surface area contributed by atoms with Crippen molar-refractivity contribution in [3.8, 4) is 22.7 Å². The molecule has 5 rings (SSSR count). The standard InChI is InChI=1S/C27H22Br2N4O2/c1-14(2)19-10-4-15(3)23-25(19)35-27(32-23)21-13-30-33-24(21)16-5-8-18(9-6-16)31-26(34)20-12-17(28)7-11-22(20)29/h4-14H,1-3H3,(H,30,33)(H,31,34). The monoisotopic (exact) mass is 592 g/mol.